The zero-order valence-electron chi connectivity index (χ0n) is 9.37. The molecule has 0 saturated carbocycles. The average Bonchev–Trinajstić information content (AvgIpc) is 2.17. The molecule has 82 valence electrons. The van der Waals surface area contributed by atoms with Crippen LogP contribution in [-0.2, 0) is 0 Å². The molecule has 0 radical (unpaired) electrons. The average molecular weight is 207 g/mol. The van der Waals surface area contributed by atoms with Crippen LogP contribution in [0.5, 0.6) is 0 Å². The van der Waals surface area contributed by atoms with Crippen molar-refractivity contribution in [3.05, 3.63) is 29.6 Å². The molecule has 0 bridgehead atoms. The lowest BCUT2D eigenvalue weighted by atomic mass is 10.0. The molecule has 3 N–H and O–H groups in total. The van der Waals surface area contributed by atoms with Gasteiger partial charge in [0.25, 0.3) is 5.91 Å². The van der Waals surface area contributed by atoms with Gasteiger partial charge in [0.1, 0.15) is 0 Å². The van der Waals surface area contributed by atoms with Crippen LogP contribution in [0.3, 0.4) is 0 Å². The standard InChI is InChI=1S/C11H17N3O/c1-8-4-5-13-6-9(8)10(15)14-11(2,3)7-12/h4-6H,7,12H2,1-3H3,(H,14,15). The van der Waals surface area contributed by atoms with Gasteiger partial charge in [0.2, 0.25) is 0 Å². The van der Waals surface area contributed by atoms with Crippen LogP contribution in [0.1, 0.15) is 29.8 Å². The molecule has 0 aliphatic rings. The van der Waals surface area contributed by atoms with Crippen LogP contribution >= 0.6 is 0 Å². The summed E-state index contributed by atoms with van der Waals surface area (Å²) in [6.45, 7) is 6.05. The van der Waals surface area contributed by atoms with E-state index in [1.54, 1.807) is 12.4 Å². The van der Waals surface area contributed by atoms with Crippen molar-refractivity contribution < 1.29 is 4.79 Å². The Hall–Kier alpha value is -1.42. The maximum atomic E-state index is 11.8. The van der Waals surface area contributed by atoms with E-state index in [1.807, 2.05) is 26.8 Å². The summed E-state index contributed by atoms with van der Waals surface area (Å²) in [5.74, 6) is -0.129. The topological polar surface area (TPSA) is 68.0 Å². The van der Waals surface area contributed by atoms with Gasteiger partial charge >= 0.3 is 0 Å². The number of hydrogen-bond acceptors (Lipinski definition) is 3. The fourth-order valence-electron chi connectivity index (χ4n) is 1.13. The van der Waals surface area contributed by atoms with Gasteiger partial charge < -0.3 is 11.1 Å². The molecule has 0 saturated heterocycles. The smallest absolute Gasteiger partial charge is 0.253 e. The van der Waals surface area contributed by atoms with E-state index in [4.69, 9.17) is 5.73 Å². The molecule has 4 heteroatoms. The lowest BCUT2D eigenvalue weighted by molar-refractivity contribution is 0.0914. The third-order valence-corrected chi connectivity index (χ3v) is 2.25. The van der Waals surface area contributed by atoms with Crippen molar-refractivity contribution in [2.75, 3.05) is 6.54 Å². The molecule has 0 unspecified atom stereocenters. The highest BCUT2D eigenvalue weighted by atomic mass is 16.1. The maximum absolute atomic E-state index is 11.8. The van der Waals surface area contributed by atoms with Crippen molar-refractivity contribution in [1.82, 2.24) is 10.3 Å². The minimum Gasteiger partial charge on any atom is -0.346 e. The molecule has 0 aromatic carbocycles. The third-order valence-electron chi connectivity index (χ3n) is 2.25. The molecule has 1 aromatic rings. The van der Waals surface area contributed by atoms with E-state index >= 15 is 0 Å². The lowest BCUT2D eigenvalue weighted by Crippen LogP contribution is -2.49. The Morgan fingerprint density at radius 1 is 1.60 bits per heavy atom. The number of aryl methyl sites for hydroxylation is 1. The maximum Gasteiger partial charge on any atom is 0.253 e. The van der Waals surface area contributed by atoms with Crippen molar-refractivity contribution in [3.8, 4) is 0 Å². The summed E-state index contributed by atoms with van der Waals surface area (Å²) < 4.78 is 0. The fraction of sp³-hybridized carbons (Fsp3) is 0.455. The summed E-state index contributed by atoms with van der Waals surface area (Å²) in [5.41, 5.74) is 6.66. The summed E-state index contributed by atoms with van der Waals surface area (Å²) in [5, 5.41) is 2.86. The van der Waals surface area contributed by atoms with E-state index in [9.17, 15) is 4.79 Å². The Labute approximate surface area is 89.9 Å². The number of nitrogens with zero attached hydrogens (tertiary/aromatic N) is 1. The van der Waals surface area contributed by atoms with Crippen LogP contribution in [0.15, 0.2) is 18.5 Å². The predicted molar refractivity (Wildman–Crippen MR) is 59.6 cm³/mol. The van der Waals surface area contributed by atoms with Gasteiger partial charge in [-0.25, -0.2) is 0 Å². The number of nitrogens with two attached hydrogens (primary N) is 1. The predicted octanol–water partition coefficient (Wildman–Crippen LogP) is 0.857. The van der Waals surface area contributed by atoms with E-state index in [2.05, 4.69) is 10.3 Å². The largest absolute Gasteiger partial charge is 0.346 e. The molecule has 1 heterocycles. The van der Waals surface area contributed by atoms with Gasteiger partial charge in [0.05, 0.1) is 5.56 Å². The highest BCUT2D eigenvalue weighted by molar-refractivity contribution is 5.95. The first-order valence-electron chi connectivity index (χ1n) is 4.89. The molecule has 0 atom stereocenters. The summed E-state index contributed by atoms with van der Waals surface area (Å²) >= 11 is 0. The second kappa shape index (κ2) is 4.40. The van der Waals surface area contributed by atoms with Gasteiger partial charge in [-0.1, -0.05) is 0 Å². The summed E-state index contributed by atoms with van der Waals surface area (Å²) in [7, 11) is 0. The Morgan fingerprint density at radius 3 is 2.80 bits per heavy atom. The number of rotatable bonds is 3. The zero-order valence-corrected chi connectivity index (χ0v) is 9.37. The highest BCUT2D eigenvalue weighted by Crippen LogP contribution is 2.07. The minimum atomic E-state index is -0.390. The van der Waals surface area contributed by atoms with Crippen LogP contribution < -0.4 is 11.1 Å². The quantitative estimate of drug-likeness (QED) is 0.772. The van der Waals surface area contributed by atoms with Gasteiger partial charge in [-0.05, 0) is 32.4 Å². The monoisotopic (exact) mass is 207 g/mol. The van der Waals surface area contributed by atoms with Gasteiger partial charge in [-0.2, -0.15) is 0 Å². The second-order valence-corrected chi connectivity index (χ2v) is 4.23. The molecular formula is C11H17N3O. The molecule has 1 amide bonds. The summed E-state index contributed by atoms with van der Waals surface area (Å²) in [4.78, 5) is 15.8. The number of hydrogen-bond donors (Lipinski definition) is 2. The van der Waals surface area contributed by atoms with Crippen molar-refractivity contribution >= 4 is 5.91 Å². The van der Waals surface area contributed by atoms with Crippen LogP contribution in [0.4, 0.5) is 0 Å². The summed E-state index contributed by atoms with van der Waals surface area (Å²) in [6, 6.07) is 1.81. The summed E-state index contributed by atoms with van der Waals surface area (Å²) in [6.07, 6.45) is 3.23. The van der Waals surface area contributed by atoms with Gasteiger partial charge in [0, 0.05) is 24.5 Å². The van der Waals surface area contributed by atoms with E-state index in [-0.39, 0.29) is 11.4 Å². The molecule has 0 aliphatic carbocycles. The van der Waals surface area contributed by atoms with Crippen LogP contribution in [0.25, 0.3) is 0 Å². The van der Waals surface area contributed by atoms with E-state index in [0.29, 0.717) is 12.1 Å². The highest BCUT2D eigenvalue weighted by Gasteiger charge is 2.20. The first-order valence-corrected chi connectivity index (χ1v) is 4.89. The minimum absolute atomic E-state index is 0.129. The molecule has 0 spiro atoms. The fourth-order valence-corrected chi connectivity index (χ4v) is 1.13. The normalized spacial score (nSPS) is 11.2. The number of carbonyl (C=O) groups is 1. The number of aromatic nitrogens is 1. The number of nitrogens with one attached hydrogen (secondary N) is 1. The Kier molecular flexibility index (Phi) is 3.42. The Morgan fingerprint density at radius 2 is 2.27 bits per heavy atom. The van der Waals surface area contributed by atoms with Crippen molar-refractivity contribution in [3.63, 3.8) is 0 Å². The van der Waals surface area contributed by atoms with Crippen LogP contribution in [-0.4, -0.2) is 23.0 Å². The Bertz CT molecular complexity index is 361. The van der Waals surface area contributed by atoms with Crippen molar-refractivity contribution in [2.24, 2.45) is 5.73 Å². The van der Waals surface area contributed by atoms with Gasteiger partial charge in [0.15, 0.2) is 0 Å². The molecular weight excluding hydrogens is 190 g/mol. The molecule has 4 nitrogen and oxygen atoms in total. The second-order valence-electron chi connectivity index (χ2n) is 4.23. The van der Waals surface area contributed by atoms with Gasteiger partial charge in [-0.3, -0.25) is 9.78 Å². The first kappa shape index (κ1) is 11.7. The molecule has 15 heavy (non-hydrogen) atoms. The first-order chi connectivity index (χ1) is 6.96. The Balaban J connectivity index is 2.83. The van der Waals surface area contributed by atoms with E-state index in [0.717, 1.165) is 5.56 Å². The number of amides is 1. The van der Waals surface area contributed by atoms with E-state index < -0.39 is 0 Å². The number of carbonyl (C=O) groups excluding carboxylic acids is 1. The molecule has 0 aliphatic heterocycles. The van der Waals surface area contributed by atoms with Crippen LogP contribution in [0.2, 0.25) is 0 Å². The zero-order chi connectivity index (χ0) is 11.5. The molecule has 0 fully saturated rings. The van der Waals surface area contributed by atoms with Crippen LogP contribution in [0, 0.1) is 6.92 Å². The third kappa shape index (κ3) is 3.02. The van der Waals surface area contributed by atoms with Gasteiger partial charge in [-0.15, -0.1) is 0 Å². The SMILES string of the molecule is Cc1ccncc1C(=O)NC(C)(C)CN. The number of pyridine rings is 1. The van der Waals surface area contributed by atoms with Crippen molar-refractivity contribution in [2.45, 2.75) is 26.3 Å². The van der Waals surface area contributed by atoms with Crippen molar-refractivity contribution in [1.29, 1.82) is 0 Å². The molecule has 1 rings (SSSR count). The molecule has 1 aromatic heterocycles. The lowest BCUT2D eigenvalue weighted by Gasteiger charge is -2.24. The van der Waals surface area contributed by atoms with E-state index in [1.165, 1.54) is 0 Å².